The van der Waals surface area contributed by atoms with Crippen LogP contribution < -0.4 is 9.79 Å². The highest BCUT2D eigenvalue weighted by atomic mass is 32.2. The smallest absolute Gasteiger partial charge is 0.320 e. The molecule has 0 unspecified atom stereocenters. The largest absolute Gasteiger partial charge is 0.861 e. The van der Waals surface area contributed by atoms with Gasteiger partial charge in [-0.3, -0.25) is 4.52 Å². The van der Waals surface area contributed by atoms with Gasteiger partial charge >= 0.3 is 5.88 Å². The van der Waals surface area contributed by atoms with Gasteiger partial charge in [0.15, 0.2) is 12.2 Å². The lowest BCUT2D eigenvalue weighted by Crippen LogP contribution is -2.32. The van der Waals surface area contributed by atoms with Gasteiger partial charge in [0.1, 0.15) is 5.52 Å². The standard InChI is InChI=1S/C15H13N7O2S/c1-2-22-7-12(24-21-22)17-11(23)8-25-15-18-14-13(19-20-15)9-5-3-4-6-10(9)16-14/h3-7H,2,8H2,1H3,(H-,16,17,18,19,20,21,23). The van der Waals surface area contributed by atoms with Gasteiger partial charge in [-0.25, -0.2) is 9.98 Å². The fourth-order valence-electron chi connectivity index (χ4n) is 2.32. The Hall–Kier alpha value is -3.01. The molecule has 3 heterocycles. The first-order valence-corrected chi connectivity index (χ1v) is 8.56. The lowest BCUT2D eigenvalue weighted by atomic mass is 10.2. The Labute approximate surface area is 145 Å². The summed E-state index contributed by atoms with van der Waals surface area (Å²) >= 11 is 1.17. The molecule has 0 saturated carbocycles. The zero-order valence-corrected chi connectivity index (χ0v) is 14.0. The third kappa shape index (κ3) is 3.15. The molecule has 25 heavy (non-hydrogen) atoms. The summed E-state index contributed by atoms with van der Waals surface area (Å²) in [5.41, 5.74) is 2.30. The average molecular weight is 355 g/mol. The van der Waals surface area contributed by atoms with Gasteiger partial charge in [-0.05, 0) is 18.9 Å². The predicted octanol–water partition coefficient (Wildman–Crippen LogP) is 0.984. The third-order valence-corrected chi connectivity index (χ3v) is 4.31. The molecule has 0 aliphatic carbocycles. The molecule has 4 aromatic rings. The molecule has 126 valence electrons. The van der Waals surface area contributed by atoms with Crippen molar-refractivity contribution in [1.82, 2.24) is 25.4 Å². The van der Waals surface area contributed by atoms with Crippen LogP contribution in [0.3, 0.4) is 0 Å². The van der Waals surface area contributed by atoms with Gasteiger partial charge in [-0.2, -0.15) is 0 Å². The summed E-state index contributed by atoms with van der Waals surface area (Å²) in [6.07, 6.45) is 1.57. The van der Waals surface area contributed by atoms with E-state index in [2.05, 4.69) is 30.4 Å². The first kappa shape index (κ1) is 15.5. The van der Waals surface area contributed by atoms with E-state index in [-0.39, 0.29) is 17.5 Å². The number of benzene rings is 1. The maximum Gasteiger partial charge on any atom is 0.320 e. The molecule has 1 aromatic carbocycles. The molecule has 0 fully saturated rings. The monoisotopic (exact) mass is 355 g/mol. The number of aromatic nitrogens is 6. The van der Waals surface area contributed by atoms with Gasteiger partial charge in [-0.15, -0.1) is 10.2 Å². The second-order valence-electron chi connectivity index (χ2n) is 5.15. The molecule has 0 radical (unpaired) electrons. The third-order valence-electron chi connectivity index (χ3n) is 3.48. The van der Waals surface area contributed by atoms with Crippen molar-refractivity contribution in [1.29, 1.82) is 0 Å². The number of fused-ring (bicyclic) bond motifs is 3. The Balaban J connectivity index is 1.51. The molecule has 10 heteroatoms. The number of nitrogens with zero attached hydrogens (tertiary/aromatic N) is 6. The van der Waals surface area contributed by atoms with E-state index >= 15 is 0 Å². The van der Waals surface area contributed by atoms with Crippen LogP contribution in [0.5, 0.6) is 0 Å². The molecule has 3 aromatic heterocycles. The average Bonchev–Trinajstić information content (AvgIpc) is 3.23. The van der Waals surface area contributed by atoms with Crippen molar-refractivity contribution in [2.75, 3.05) is 5.75 Å². The van der Waals surface area contributed by atoms with Gasteiger partial charge in [0.05, 0.1) is 0 Å². The minimum Gasteiger partial charge on any atom is -0.861 e. The number of aliphatic imine (C=N–C) groups is 1. The van der Waals surface area contributed by atoms with E-state index in [0.717, 1.165) is 10.9 Å². The quantitative estimate of drug-likeness (QED) is 0.245. The lowest BCUT2D eigenvalue weighted by Gasteiger charge is -2.06. The predicted molar refractivity (Wildman–Crippen MR) is 89.4 cm³/mol. The maximum atomic E-state index is 11.9. The summed E-state index contributed by atoms with van der Waals surface area (Å²) in [5.74, 6) is -0.0948. The van der Waals surface area contributed by atoms with Gasteiger partial charge in [0, 0.05) is 16.7 Å². The zero-order chi connectivity index (χ0) is 17.2. The normalized spacial score (nSPS) is 12.3. The number of nitrogens with one attached hydrogen (secondary N) is 1. The highest BCUT2D eigenvalue weighted by Crippen LogP contribution is 2.23. The van der Waals surface area contributed by atoms with Gasteiger partial charge < -0.3 is 10.1 Å². The minimum atomic E-state index is -0.357. The van der Waals surface area contributed by atoms with Gasteiger partial charge in [0.25, 0.3) is 6.20 Å². The molecule has 0 saturated heterocycles. The summed E-state index contributed by atoms with van der Waals surface area (Å²) in [7, 11) is 0. The van der Waals surface area contributed by atoms with E-state index < -0.39 is 0 Å². The number of thioether (sulfide) groups is 1. The molecule has 0 spiro atoms. The lowest BCUT2D eigenvalue weighted by molar-refractivity contribution is -0.759. The minimum absolute atomic E-state index is 0.0836. The maximum absolute atomic E-state index is 11.9. The van der Waals surface area contributed by atoms with Crippen molar-refractivity contribution in [2.24, 2.45) is 4.99 Å². The van der Waals surface area contributed by atoms with Crippen LogP contribution in [-0.4, -0.2) is 37.1 Å². The summed E-state index contributed by atoms with van der Waals surface area (Å²) < 4.78 is 6.49. The molecule has 4 rings (SSSR count). The SMILES string of the molecule is CC[n+]1cc(/N=C(\[O-])CSc2nnc3c(n2)[nH]c2ccccc23)on1. The zero-order valence-electron chi connectivity index (χ0n) is 13.2. The topological polar surface area (TPSA) is 120 Å². The van der Waals surface area contributed by atoms with Gasteiger partial charge in [0.2, 0.25) is 10.4 Å². The Morgan fingerprint density at radius 2 is 2.24 bits per heavy atom. The highest BCUT2D eigenvalue weighted by Gasteiger charge is 2.10. The second kappa shape index (κ2) is 6.48. The van der Waals surface area contributed by atoms with E-state index in [0.29, 0.717) is 22.9 Å². The number of rotatable bonds is 5. The summed E-state index contributed by atoms with van der Waals surface area (Å²) in [5, 5.41) is 25.3. The highest BCUT2D eigenvalue weighted by molar-refractivity contribution is 7.99. The molecule has 0 aliphatic rings. The second-order valence-corrected chi connectivity index (χ2v) is 6.09. The van der Waals surface area contributed by atoms with Crippen molar-refractivity contribution in [2.45, 2.75) is 18.6 Å². The fourth-order valence-corrected chi connectivity index (χ4v) is 2.89. The van der Waals surface area contributed by atoms with Crippen LogP contribution in [0.2, 0.25) is 0 Å². The van der Waals surface area contributed by atoms with Crippen LogP contribution in [-0.2, 0) is 6.54 Å². The van der Waals surface area contributed by atoms with E-state index in [1.54, 1.807) is 10.9 Å². The number of aromatic amines is 1. The van der Waals surface area contributed by atoms with Crippen LogP contribution in [0, 0.1) is 0 Å². The van der Waals surface area contributed by atoms with Gasteiger partial charge in [-0.1, -0.05) is 34.6 Å². The number of para-hydroxylation sites is 1. The Morgan fingerprint density at radius 1 is 1.36 bits per heavy atom. The Kier molecular flexibility index (Phi) is 4.02. The van der Waals surface area contributed by atoms with Crippen LogP contribution in [0.25, 0.3) is 22.1 Å². The Morgan fingerprint density at radius 3 is 3.08 bits per heavy atom. The van der Waals surface area contributed by atoms with Crippen molar-refractivity contribution >= 4 is 45.6 Å². The Bertz CT molecular complexity index is 1070. The molecule has 9 nitrogen and oxygen atoms in total. The first-order chi connectivity index (χ1) is 12.2. The molecule has 1 N–H and O–H groups in total. The van der Waals surface area contributed by atoms with Crippen LogP contribution in [0.1, 0.15) is 6.92 Å². The summed E-state index contributed by atoms with van der Waals surface area (Å²) in [6.45, 7) is 2.56. The van der Waals surface area contributed by atoms with Crippen molar-refractivity contribution < 1.29 is 14.3 Å². The van der Waals surface area contributed by atoms with Crippen LogP contribution in [0.15, 0.2) is 45.1 Å². The molecule has 0 atom stereocenters. The van der Waals surface area contributed by atoms with Crippen molar-refractivity contribution in [3.8, 4) is 0 Å². The molecule has 0 aliphatic heterocycles. The molecule has 0 bridgehead atoms. The fraction of sp³-hybridized carbons (Fsp3) is 0.200. The van der Waals surface area contributed by atoms with E-state index in [9.17, 15) is 5.11 Å². The van der Waals surface area contributed by atoms with Crippen molar-refractivity contribution in [3.05, 3.63) is 30.5 Å². The number of aryl methyl sites for hydroxylation is 1. The molecular formula is C15H13N7O2S. The number of H-pyrrole nitrogens is 1. The van der Waals surface area contributed by atoms with E-state index in [1.165, 1.54) is 11.8 Å². The molecule has 0 amide bonds. The number of hydrogen-bond donors (Lipinski definition) is 1. The summed E-state index contributed by atoms with van der Waals surface area (Å²) in [4.78, 5) is 11.4. The van der Waals surface area contributed by atoms with E-state index in [4.69, 9.17) is 4.52 Å². The van der Waals surface area contributed by atoms with E-state index in [1.807, 2.05) is 31.2 Å². The van der Waals surface area contributed by atoms with Crippen LogP contribution in [0.4, 0.5) is 5.88 Å². The van der Waals surface area contributed by atoms with Crippen molar-refractivity contribution in [3.63, 3.8) is 0 Å². The first-order valence-electron chi connectivity index (χ1n) is 7.58. The number of hydrogen-bond acceptors (Lipinski definition) is 8. The van der Waals surface area contributed by atoms with Crippen LogP contribution >= 0.6 is 11.8 Å². The molecular weight excluding hydrogens is 342 g/mol. The summed E-state index contributed by atoms with van der Waals surface area (Å²) in [6, 6.07) is 7.78.